The summed E-state index contributed by atoms with van der Waals surface area (Å²) in [6, 6.07) is 0. The highest BCUT2D eigenvalue weighted by molar-refractivity contribution is 4.74. The molecule has 0 saturated carbocycles. The molecule has 0 aliphatic carbocycles. The molecular weight excluding hydrogens is 196 g/mol. The number of nitrogens with one attached hydrogen (secondary N) is 1. The maximum absolute atomic E-state index is 3.42. The summed E-state index contributed by atoms with van der Waals surface area (Å²) in [4.78, 5) is 2.65. The first-order valence-electron chi connectivity index (χ1n) is 7.38. The molecule has 0 unspecified atom stereocenters. The lowest BCUT2D eigenvalue weighted by atomic mass is 9.98. The third-order valence-corrected chi connectivity index (χ3v) is 3.17. The SMILES string of the molecule is C1CCN(CC2CCNCC2)C1.CC.CC. The highest BCUT2D eigenvalue weighted by Gasteiger charge is 2.18. The van der Waals surface area contributed by atoms with Crippen LogP contribution < -0.4 is 5.32 Å². The third-order valence-electron chi connectivity index (χ3n) is 3.17. The number of piperidine rings is 1. The molecule has 0 atom stereocenters. The molecule has 0 bridgehead atoms. The highest BCUT2D eigenvalue weighted by Crippen LogP contribution is 2.16. The van der Waals surface area contributed by atoms with Gasteiger partial charge >= 0.3 is 0 Å². The van der Waals surface area contributed by atoms with Gasteiger partial charge in [0.15, 0.2) is 0 Å². The number of nitrogens with zero attached hydrogens (tertiary/aromatic N) is 1. The summed E-state index contributed by atoms with van der Waals surface area (Å²) < 4.78 is 0. The summed E-state index contributed by atoms with van der Waals surface area (Å²) in [5.74, 6) is 0.990. The van der Waals surface area contributed by atoms with Crippen LogP contribution in [0.25, 0.3) is 0 Å². The van der Waals surface area contributed by atoms with Crippen LogP contribution in [0, 0.1) is 5.92 Å². The van der Waals surface area contributed by atoms with Crippen LogP contribution >= 0.6 is 0 Å². The van der Waals surface area contributed by atoms with Crippen molar-refractivity contribution in [2.24, 2.45) is 5.92 Å². The molecule has 2 aliphatic heterocycles. The first-order chi connectivity index (χ1) is 7.95. The molecule has 2 saturated heterocycles. The Balaban J connectivity index is 0.000000509. The molecule has 0 spiro atoms. The van der Waals surface area contributed by atoms with E-state index in [1.807, 2.05) is 27.7 Å². The Morgan fingerprint density at radius 2 is 1.44 bits per heavy atom. The zero-order valence-electron chi connectivity index (χ0n) is 11.9. The first kappa shape index (κ1) is 15.9. The number of likely N-dealkylation sites (tertiary alicyclic amines) is 1. The molecule has 0 radical (unpaired) electrons. The lowest BCUT2D eigenvalue weighted by Gasteiger charge is -2.26. The van der Waals surface area contributed by atoms with Crippen molar-refractivity contribution < 1.29 is 0 Å². The fourth-order valence-corrected chi connectivity index (χ4v) is 2.39. The molecule has 16 heavy (non-hydrogen) atoms. The Morgan fingerprint density at radius 3 is 1.94 bits per heavy atom. The summed E-state index contributed by atoms with van der Waals surface area (Å²) in [6.07, 6.45) is 5.67. The van der Waals surface area contributed by atoms with Crippen molar-refractivity contribution in [2.45, 2.75) is 53.4 Å². The van der Waals surface area contributed by atoms with Gasteiger partial charge in [0.05, 0.1) is 0 Å². The minimum Gasteiger partial charge on any atom is -0.317 e. The van der Waals surface area contributed by atoms with Gasteiger partial charge in [-0.3, -0.25) is 0 Å². The van der Waals surface area contributed by atoms with Crippen LogP contribution in [0.4, 0.5) is 0 Å². The average Bonchev–Trinajstić information content (AvgIpc) is 2.88. The van der Waals surface area contributed by atoms with Crippen molar-refractivity contribution in [1.82, 2.24) is 10.2 Å². The predicted molar refractivity (Wildman–Crippen MR) is 74.0 cm³/mol. The summed E-state index contributed by atoms with van der Waals surface area (Å²) in [6.45, 7) is 14.6. The normalized spacial score (nSPS) is 21.8. The van der Waals surface area contributed by atoms with E-state index in [0.717, 1.165) is 5.92 Å². The van der Waals surface area contributed by atoms with Gasteiger partial charge in [0.2, 0.25) is 0 Å². The first-order valence-corrected chi connectivity index (χ1v) is 7.38. The Labute approximate surface area is 103 Å². The molecule has 2 heterocycles. The van der Waals surface area contributed by atoms with E-state index < -0.39 is 0 Å². The summed E-state index contributed by atoms with van der Waals surface area (Å²) in [5, 5.41) is 3.42. The van der Waals surface area contributed by atoms with Gasteiger partial charge in [-0.05, 0) is 57.8 Å². The largest absolute Gasteiger partial charge is 0.317 e. The fraction of sp³-hybridized carbons (Fsp3) is 1.00. The zero-order valence-corrected chi connectivity index (χ0v) is 11.9. The second-order valence-electron chi connectivity index (χ2n) is 4.20. The maximum atomic E-state index is 3.42. The van der Waals surface area contributed by atoms with Crippen molar-refractivity contribution in [2.75, 3.05) is 32.7 Å². The topological polar surface area (TPSA) is 15.3 Å². The van der Waals surface area contributed by atoms with Gasteiger partial charge in [0.1, 0.15) is 0 Å². The molecule has 2 nitrogen and oxygen atoms in total. The molecule has 2 rings (SSSR count). The van der Waals surface area contributed by atoms with Gasteiger partial charge in [-0.15, -0.1) is 0 Å². The molecule has 0 amide bonds. The number of hydrogen-bond donors (Lipinski definition) is 1. The fourth-order valence-electron chi connectivity index (χ4n) is 2.39. The van der Waals surface area contributed by atoms with Crippen molar-refractivity contribution in [3.8, 4) is 0 Å². The Bertz CT molecular complexity index is 125. The van der Waals surface area contributed by atoms with E-state index in [0.29, 0.717) is 0 Å². The molecule has 2 heteroatoms. The van der Waals surface area contributed by atoms with Crippen LogP contribution in [0.3, 0.4) is 0 Å². The number of rotatable bonds is 2. The van der Waals surface area contributed by atoms with Gasteiger partial charge in [0.25, 0.3) is 0 Å². The lowest BCUT2D eigenvalue weighted by Crippen LogP contribution is -2.34. The van der Waals surface area contributed by atoms with E-state index in [2.05, 4.69) is 10.2 Å². The minimum absolute atomic E-state index is 0.990. The molecule has 0 aromatic carbocycles. The quantitative estimate of drug-likeness (QED) is 0.781. The van der Waals surface area contributed by atoms with E-state index in [1.54, 1.807) is 0 Å². The monoisotopic (exact) mass is 228 g/mol. The molecule has 2 fully saturated rings. The van der Waals surface area contributed by atoms with Crippen LogP contribution in [0.15, 0.2) is 0 Å². The van der Waals surface area contributed by atoms with Crippen LogP contribution in [0.2, 0.25) is 0 Å². The molecule has 0 aromatic heterocycles. The summed E-state index contributed by atoms with van der Waals surface area (Å²) >= 11 is 0. The Morgan fingerprint density at radius 1 is 0.938 bits per heavy atom. The maximum Gasteiger partial charge on any atom is 0.00106 e. The van der Waals surface area contributed by atoms with Crippen molar-refractivity contribution in [3.05, 3.63) is 0 Å². The highest BCUT2D eigenvalue weighted by atomic mass is 15.1. The molecular formula is C14H32N2. The van der Waals surface area contributed by atoms with Crippen LogP contribution in [-0.4, -0.2) is 37.6 Å². The minimum atomic E-state index is 0.990. The van der Waals surface area contributed by atoms with Crippen molar-refractivity contribution in [1.29, 1.82) is 0 Å². The second kappa shape index (κ2) is 11.4. The number of hydrogen-bond acceptors (Lipinski definition) is 2. The van der Waals surface area contributed by atoms with Crippen LogP contribution in [0.1, 0.15) is 53.4 Å². The second-order valence-corrected chi connectivity index (χ2v) is 4.20. The standard InChI is InChI=1S/C10H20N2.2C2H6/c1-2-8-12(7-1)9-10-3-5-11-6-4-10;2*1-2/h10-11H,1-9H2;2*1-2H3. The third kappa shape index (κ3) is 6.49. The Hall–Kier alpha value is -0.0800. The van der Waals surface area contributed by atoms with Gasteiger partial charge < -0.3 is 10.2 Å². The smallest absolute Gasteiger partial charge is 0.00106 e. The van der Waals surface area contributed by atoms with Gasteiger partial charge in [-0.2, -0.15) is 0 Å². The summed E-state index contributed by atoms with van der Waals surface area (Å²) in [7, 11) is 0. The van der Waals surface area contributed by atoms with Crippen molar-refractivity contribution >= 4 is 0 Å². The molecule has 98 valence electrons. The lowest BCUT2D eigenvalue weighted by molar-refractivity contribution is 0.241. The van der Waals surface area contributed by atoms with Gasteiger partial charge in [-0.1, -0.05) is 27.7 Å². The molecule has 2 aliphatic rings. The molecule has 0 aromatic rings. The van der Waals surface area contributed by atoms with E-state index in [1.165, 1.54) is 58.4 Å². The molecule has 1 N–H and O–H groups in total. The zero-order chi connectivity index (χ0) is 12.2. The average molecular weight is 228 g/mol. The Kier molecular flexibility index (Phi) is 11.3. The van der Waals surface area contributed by atoms with Crippen LogP contribution in [0.5, 0.6) is 0 Å². The van der Waals surface area contributed by atoms with E-state index in [4.69, 9.17) is 0 Å². The van der Waals surface area contributed by atoms with Crippen LogP contribution in [-0.2, 0) is 0 Å². The van der Waals surface area contributed by atoms with Gasteiger partial charge in [0, 0.05) is 6.54 Å². The van der Waals surface area contributed by atoms with E-state index in [-0.39, 0.29) is 0 Å². The van der Waals surface area contributed by atoms with Crippen molar-refractivity contribution in [3.63, 3.8) is 0 Å². The predicted octanol–water partition coefficient (Wildman–Crippen LogP) is 3.13. The van der Waals surface area contributed by atoms with Gasteiger partial charge in [-0.25, -0.2) is 0 Å². The van der Waals surface area contributed by atoms with E-state index >= 15 is 0 Å². The summed E-state index contributed by atoms with van der Waals surface area (Å²) in [5.41, 5.74) is 0. The van der Waals surface area contributed by atoms with E-state index in [9.17, 15) is 0 Å².